The molecule has 0 spiro atoms. The van der Waals surface area contributed by atoms with Crippen LogP contribution in [0.3, 0.4) is 0 Å². The van der Waals surface area contributed by atoms with E-state index in [1.165, 1.54) is 0 Å². The standard InChI is InChI=1S/C15H13ClFN3O3S/c16-11-3-1-10(2-4-11)14-19-13(9-18)15(23-14)20-7-5-12(6-8-20)24(17,21)22/h1-4,12H,5-8H2. The molecule has 2 aromatic rings. The molecule has 0 atom stereocenters. The van der Waals surface area contributed by atoms with Crippen molar-refractivity contribution in [2.75, 3.05) is 18.0 Å². The van der Waals surface area contributed by atoms with E-state index in [1.54, 1.807) is 29.2 Å². The number of nitriles is 1. The number of benzene rings is 1. The second-order valence-corrected chi connectivity index (χ2v) is 7.51. The zero-order valence-electron chi connectivity index (χ0n) is 12.4. The van der Waals surface area contributed by atoms with Crippen molar-refractivity contribution in [2.45, 2.75) is 18.1 Å². The molecule has 1 aromatic heterocycles. The van der Waals surface area contributed by atoms with Crippen LogP contribution in [0.25, 0.3) is 11.5 Å². The summed E-state index contributed by atoms with van der Waals surface area (Å²) in [6, 6.07) is 8.79. The largest absolute Gasteiger partial charge is 0.419 e. The molecule has 1 aliphatic heterocycles. The maximum Gasteiger partial charge on any atom is 0.305 e. The first-order valence-electron chi connectivity index (χ1n) is 7.24. The number of aromatic nitrogens is 1. The predicted molar refractivity (Wildman–Crippen MR) is 86.9 cm³/mol. The van der Waals surface area contributed by atoms with Gasteiger partial charge >= 0.3 is 10.2 Å². The highest BCUT2D eigenvalue weighted by Gasteiger charge is 2.32. The zero-order chi connectivity index (χ0) is 17.3. The Morgan fingerprint density at radius 2 is 1.92 bits per heavy atom. The van der Waals surface area contributed by atoms with E-state index in [4.69, 9.17) is 16.0 Å². The second-order valence-electron chi connectivity index (χ2n) is 5.45. The fourth-order valence-corrected chi connectivity index (χ4v) is 3.56. The quantitative estimate of drug-likeness (QED) is 0.772. The minimum Gasteiger partial charge on any atom is -0.419 e. The second kappa shape index (κ2) is 6.42. The van der Waals surface area contributed by atoms with Crippen molar-refractivity contribution in [1.29, 1.82) is 5.26 Å². The van der Waals surface area contributed by atoms with Crippen LogP contribution >= 0.6 is 11.6 Å². The first-order chi connectivity index (χ1) is 11.4. The Hall–Kier alpha value is -2.11. The minimum absolute atomic E-state index is 0.113. The third kappa shape index (κ3) is 3.37. The van der Waals surface area contributed by atoms with Crippen molar-refractivity contribution >= 4 is 27.7 Å². The predicted octanol–water partition coefficient (Wildman–Crippen LogP) is 3.13. The van der Waals surface area contributed by atoms with Gasteiger partial charge in [0, 0.05) is 23.7 Å². The number of hydrogen-bond donors (Lipinski definition) is 0. The summed E-state index contributed by atoms with van der Waals surface area (Å²) in [6.45, 7) is 0.551. The molecular formula is C15H13ClFN3O3S. The van der Waals surface area contributed by atoms with Gasteiger partial charge in [0.05, 0.1) is 5.25 Å². The SMILES string of the molecule is N#Cc1nc(-c2ccc(Cl)cc2)oc1N1CCC(S(=O)(=O)F)CC1. The molecule has 2 heterocycles. The molecule has 1 saturated heterocycles. The fourth-order valence-electron chi connectivity index (χ4n) is 2.66. The topological polar surface area (TPSA) is 87.2 Å². The molecule has 126 valence electrons. The summed E-state index contributed by atoms with van der Waals surface area (Å²) in [5.74, 6) is 0.551. The van der Waals surface area contributed by atoms with Crippen LogP contribution in [0.2, 0.25) is 5.02 Å². The highest BCUT2D eigenvalue weighted by molar-refractivity contribution is 7.87. The minimum atomic E-state index is -4.54. The molecule has 0 amide bonds. The first kappa shape index (κ1) is 16.7. The highest BCUT2D eigenvalue weighted by Crippen LogP contribution is 2.31. The van der Waals surface area contributed by atoms with Crippen LogP contribution in [0.4, 0.5) is 9.77 Å². The lowest BCUT2D eigenvalue weighted by molar-refractivity contribution is 0.475. The Kier molecular flexibility index (Phi) is 4.47. The molecule has 1 aliphatic rings. The molecule has 0 saturated carbocycles. The van der Waals surface area contributed by atoms with Crippen molar-refractivity contribution in [3.8, 4) is 17.5 Å². The molecule has 0 radical (unpaired) electrons. The van der Waals surface area contributed by atoms with Crippen molar-refractivity contribution in [3.63, 3.8) is 0 Å². The Bertz CT molecular complexity index is 882. The lowest BCUT2D eigenvalue weighted by Gasteiger charge is -2.29. The molecule has 0 unspecified atom stereocenters. The van der Waals surface area contributed by atoms with Crippen LogP contribution in [0.5, 0.6) is 0 Å². The average molecular weight is 370 g/mol. The van der Waals surface area contributed by atoms with E-state index in [-0.39, 0.29) is 43.4 Å². The maximum atomic E-state index is 13.1. The van der Waals surface area contributed by atoms with E-state index >= 15 is 0 Å². The third-order valence-corrected chi connectivity index (χ3v) is 5.45. The van der Waals surface area contributed by atoms with E-state index in [9.17, 15) is 17.6 Å². The Labute approximate surface area is 143 Å². The van der Waals surface area contributed by atoms with Crippen molar-refractivity contribution in [2.24, 2.45) is 0 Å². The molecule has 1 aromatic carbocycles. The van der Waals surface area contributed by atoms with Gasteiger partial charge in [-0.25, -0.2) is 0 Å². The molecule has 1 fully saturated rings. The van der Waals surface area contributed by atoms with Gasteiger partial charge in [0.1, 0.15) is 6.07 Å². The van der Waals surface area contributed by atoms with Gasteiger partial charge in [-0.3, -0.25) is 0 Å². The Balaban J connectivity index is 1.84. The summed E-state index contributed by atoms with van der Waals surface area (Å²) in [6.07, 6.45) is 0.279. The number of anilines is 1. The van der Waals surface area contributed by atoms with E-state index in [0.29, 0.717) is 10.6 Å². The van der Waals surface area contributed by atoms with Crippen LogP contribution in [0.1, 0.15) is 18.5 Å². The zero-order valence-corrected chi connectivity index (χ0v) is 14.0. The van der Waals surface area contributed by atoms with Crippen molar-refractivity contribution in [1.82, 2.24) is 4.98 Å². The van der Waals surface area contributed by atoms with E-state index < -0.39 is 15.5 Å². The van der Waals surface area contributed by atoms with Crippen molar-refractivity contribution in [3.05, 3.63) is 35.0 Å². The molecule has 0 N–H and O–H groups in total. The summed E-state index contributed by atoms with van der Waals surface area (Å²) in [4.78, 5) is 5.88. The number of nitrogens with zero attached hydrogens (tertiary/aromatic N) is 3. The Morgan fingerprint density at radius 3 is 2.46 bits per heavy atom. The van der Waals surface area contributed by atoms with Gasteiger partial charge in [-0.15, -0.1) is 3.89 Å². The van der Waals surface area contributed by atoms with Crippen LogP contribution in [0, 0.1) is 11.3 Å². The van der Waals surface area contributed by atoms with Crippen molar-refractivity contribution < 1.29 is 16.7 Å². The average Bonchev–Trinajstić information content (AvgIpc) is 2.99. The summed E-state index contributed by atoms with van der Waals surface area (Å²) >= 11 is 5.84. The smallest absolute Gasteiger partial charge is 0.305 e. The van der Waals surface area contributed by atoms with Gasteiger partial charge < -0.3 is 9.32 Å². The summed E-state index contributed by atoms with van der Waals surface area (Å²) in [5.41, 5.74) is 0.782. The van der Waals surface area contributed by atoms with Crippen LogP contribution in [-0.4, -0.2) is 31.7 Å². The maximum absolute atomic E-state index is 13.1. The summed E-state index contributed by atoms with van der Waals surface area (Å²) in [7, 11) is -4.54. The van der Waals surface area contributed by atoms with Gasteiger partial charge in [-0.1, -0.05) is 11.6 Å². The van der Waals surface area contributed by atoms with Gasteiger partial charge in [0.15, 0.2) is 0 Å². The normalized spacial score (nSPS) is 16.1. The van der Waals surface area contributed by atoms with E-state index in [1.807, 2.05) is 6.07 Å². The Morgan fingerprint density at radius 1 is 1.29 bits per heavy atom. The van der Waals surface area contributed by atoms with Gasteiger partial charge in [-0.05, 0) is 37.1 Å². The van der Waals surface area contributed by atoms with Gasteiger partial charge in [0.25, 0.3) is 0 Å². The van der Waals surface area contributed by atoms with Crippen LogP contribution in [0.15, 0.2) is 28.7 Å². The number of oxazole rings is 1. The molecule has 0 aliphatic carbocycles. The van der Waals surface area contributed by atoms with Crippen LogP contribution < -0.4 is 4.90 Å². The molecule has 0 bridgehead atoms. The molecule has 3 rings (SSSR count). The number of halogens is 2. The van der Waals surface area contributed by atoms with Gasteiger partial charge in [-0.2, -0.15) is 18.7 Å². The fraction of sp³-hybridized carbons (Fsp3) is 0.333. The van der Waals surface area contributed by atoms with Gasteiger partial charge in [0.2, 0.25) is 17.5 Å². The number of hydrogen-bond acceptors (Lipinski definition) is 6. The van der Waals surface area contributed by atoms with E-state index in [2.05, 4.69) is 4.98 Å². The lowest BCUT2D eigenvalue weighted by Crippen LogP contribution is -2.38. The van der Waals surface area contributed by atoms with Crippen LogP contribution in [-0.2, 0) is 10.2 Å². The number of piperidine rings is 1. The monoisotopic (exact) mass is 369 g/mol. The first-order valence-corrected chi connectivity index (χ1v) is 9.06. The number of rotatable bonds is 3. The third-order valence-electron chi connectivity index (χ3n) is 3.93. The molecular weight excluding hydrogens is 357 g/mol. The summed E-state index contributed by atoms with van der Waals surface area (Å²) in [5, 5.41) is 8.83. The molecule has 24 heavy (non-hydrogen) atoms. The molecule has 9 heteroatoms. The molecule has 6 nitrogen and oxygen atoms in total. The lowest BCUT2D eigenvalue weighted by atomic mass is 10.1. The van der Waals surface area contributed by atoms with E-state index in [0.717, 1.165) is 0 Å². The summed E-state index contributed by atoms with van der Waals surface area (Å²) < 4.78 is 40.7. The highest BCUT2D eigenvalue weighted by atomic mass is 35.5.